The Morgan fingerprint density at radius 2 is 0.773 bits per heavy atom. The lowest BCUT2D eigenvalue weighted by Gasteiger charge is -2.45. The van der Waals surface area contributed by atoms with Gasteiger partial charge in [0.05, 0.1) is 50.0 Å². The lowest BCUT2D eigenvalue weighted by Crippen LogP contribution is -2.61. The van der Waals surface area contributed by atoms with E-state index < -0.39 is 55.1 Å². The van der Waals surface area contributed by atoms with Crippen LogP contribution in [0.5, 0.6) is 0 Å². The highest BCUT2D eigenvalue weighted by molar-refractivity contribution is 7.00. The van der Waals surface area contributed by atoms with Crippen molar-refractivity contribution in [2.45, 2.75) is 78.6 Å². The number of hydrogen-bond donors (Lipinski definition) is 0. The van der Waals surface area contributed by atoms with Crippen LogP contribution in [-0.4, -0.2) is 15.8 Å². The van der Waals surface area contributed by atoms with Crippen molar-refractivity contribution in [3.05, 3.63) is 307 Å². The van der Waals surface area contributed by atoms with Gasteiger partial charge in [-0.25, -0.2) is 0 Å². The standard InChI is InChI=1S/C91H74BN5/c1-89(2,3)67-30-24-29-60(46-67)61-40-43-78-85(51-61)96(71-49-64(58-25-12-10-13-26-58)45-65(50-71)59-27-14-11-15-28-59)87-56-72(95-79-35-20-16-31-73(79)74-32-17-21-36-80(74)95)55-86-88(87)92(78)77-44-41-62(66-47-68(90(4,5)6)53-69(48-66)91(7,8)9)52-84(77)94(86)70-42-39-63(57-93)83(54-70)97-81-37-22-18-33-75(81)76-34-19-23-38-82(76)97/h10-56H,1-9H3/i16D,17D,20D,21D,31D,32D,35D,36D. The van der Waals surface area contributed by atoms with Crippen molar-refractivity contribution in [1.82, 2.24) is 9.13 Å². The number of para-hydroxylation sites is 4. The van der Waals surface area contributed by atoms with E-state index in [2.05, 4.69) is 265 Å². The highest BCUT2D eigenvalue weighted by atomic mass is 15.2. The second-order valence-electron chi connectivity index (χ2n) is 29.1. The molecule has 2 aliphatic rings. The predicted octanol–water partition coefficient (Wildman–Crippen LogP) is 22.4. The Kier molecular flexibility index (Phi) is 11.8. The summed E-state index contributed by atoms with van der Waals surface area (Å²) in [4.78, 5) is 4.63. The van der Waals surface area contributed by atoms with Crippen LogP contribution in [0.4, 0.5) is 34.1 Å². The van der Waals surface area contributed by atoms with Gasteiger partial charge in [-0.2, -0.15) is 5.26 Å². The monoisotopic (exact) mass is 1260 g/mol. The van der Waals surface area contributed by atoms with Crippen LogP contribution in [0.3, 0.4) is 0 Å². The summed E-state index contributed by atoms with van der Waals surface area (Å²) in [6.45, 7) is 19.7. The first kappa shape index (κ1) is 51.0. The summed E-state index contributed by atoms with van der Waals surface area (Å²) in [6, 6.07) is 82.5. The van der Waals surface area contributed by atoms with Gasteiger partial charge in [-0.3, -0.25) is 0 Å². The zero-order valence-electron chi connectivity index (χ0n) is 63.8. The van der Waals surface area contributed by atoms with E-state index in [4.69, 9.17) is 0 Å². The van der Waals surface area contributed by atoms with E-state index in [1.807, 2.05) is 54.6 Å². The molecular formula is C91H74BN5. The van der Waals surface area contributed by atoms with Crippen molar-refractivity contribution in [3.63, 3.8) is 0 Å². The Hall–Kier alpha value is -11.4. The van der Waals surface area contributed by atoms with Gasteiger partial charge < -0.3 is 18.9 Å². The fraction of sp³-hybridized carbons (Fsp3) is 0.132. The summed E-state index contributed by atoms with van der Waals surface area (Å²) in [6.07, 6.45) is 0. The second-order valence-corrected chi connectivity index (χ2v) is 29.1. The fourth-order valence-corrected chi connectivity index (χ4v) is 15.0. The Morgan fingerprint density at radius 1 is 0.320 bits per heavy atom. The molecule has 466 valence electrons. The van der Waals surface area contributed by atoms with E-state index in [1.54, 1.807) is 4.57 Å². The maximum atomic E-state index is 11.4. The lowest BCUT2D eigenvalue weighted by atomic mass is 9.33. The molecule has 0 aliphatic carbocycles. The van der Waals surface area contributed by atoms with Crippen LogP contribution in [0.25, 0.3) is 99.5 Å². The molecule has 2 aliphatic heterocycles. The van der Waals surface area contributed by atoms with Crippen LogP contribution >= 0.6 is 0 Å². The number of benzene rings is 13. The van der Waals surface area contributed by atoms with E-state index in [9.17, 15) is 16.2 Å². The Bertz CT molecular complexity index is 6030. The van der Waals surface area contributed by atoms with Crippen LogP contribution in [-0.2, 0) is 16.2 Å². The number of hydrogen-bond acceptors (Lipinski definition) is 3. The zero-order valence-corrected chi connectivity index (χ0v) is 55.8. The topological polar surface area (TPSA) is 40.1 Å². The fourth-order valence-electron chi connectivity index (χ4n) is 15.0. The van der Waals surface area contributed by atoms with Crippen LogP contribution < -0.4 is 26.2 Å². The molecule has 15 aromatic rings. The maximum absolute atomic E-state index is 11.4. The molecule has 4 heterocycles. The molecule has 0 fully saturated rings. The van der Waals surface area contributed by atoms with Crippen molar-refractivity contribution in [2.75, 3.05) is 9.80 Å². The quantitative estimate of drug-likeness (QED) is 0.142. The first-order valence-corrected chi connectivity index (χ1v) is 33.4. The van der Waals surface area contributed by atoms with Crippen molar-refractivity contribution in [3.8, 4) is 62.0 Å². The van der Waals surface area contributed by atoms with Gasteiger partial charge in [0.25, 0.3) is 6.71 Å². The van der Waals surface area contributed by atoms with Crippen molar-refractivity contribution >= 4 is 101 Å². The molecule has 0 amide bonds. The number of nitriles is 1. The molecule has 2 aromatic heterocycles. The lowest BCUT2D eigenvalue weighted by molar-refractivity contribution is 0.569. The van der Waals surface area contributed by atoms with Crippen molar-refractivity contribution < 1.29 is 11.0 Å². The third-order valence-corrected chi connectivity index (χ3v) is 20.0. The molecule has 0 bridgehead atoms. The van der Waals surface area contributed by atoms with Gasteiger partial charge in [0.1, 0.15) is 6.07 Å². The minimum absolute atomic E-state index is 0.00151. The van der Waals surface area contributed by atoms with E-state index in [-0.39, 0.29) is 38.1 Å². The first-order chi connectivity index (χ1) is 50.3. The average Bonchev–Trinajstić information content (AvgIpc) is 1.53. The highest BCUT2D eigenvalue weighted by Gasteiger charge is 2.45. The molecule has 97 heavy (non-hydrogen) atoms. The Labute approximate surface area is 580 Å². The zero-order chi connectivity index (χ0) is 73.2. The van der Waals surface area contributed by atoms with E-state index in [1.165, 1.54) is 16.7 Å². The molecular weight excluding hydrogens is 1170 g/mol. The molecule has 0 saturated heterocycles. The normalized spacial score (nSPS) is 14.1. The number of aromatic nitrogens is 2. The maximum Gasteiger partial charge on any atom is 0.252 e. The van der Waals surface area contributed by atoms with Crippen LogP contribution in [0.1, 0.15) is 95.5 Å². The smallest absolute Gasteiger partial charge is 0.252 e. The van der Waals surface area contributed by atoms with Gasteiger partial charge in [-0.15, -0.1) is 0 Å². The molecule has 0 N–H and O–H groups in total. The number of fused-ring (bicyclic) bond motifs is 10. The number of anilines is 6. The van der Waals surface area contributed by atoms with E-state index >= 15 is 0 Å². The Balaban J connectivity index is 1.07. The Morgan fingerprint density at radius 3 is 1.31 bits per heavy atom. The molecule has 13 aromatic carbocycles. The van der Waals surface area contributed by atoms with Crippen LogP contribution in [0.2, 0.25) is 0 Å². The summed E-state index contributed by atoms with van der Waals surface area (Å²) < 4.78 is 80.5. The molecule has 17 rings (SSSR count). The van der Waals surface area contributed by atoms with E-state index in [0.717, 1.165) is 99.8 Å². The molecule has 0 spiro atoms. The van der Waals surface area contributed by atoms with Gasteiger partial charge in [-0.1, -0.05) is 262 Å². The average molecular weight is 1260 g/mol. The summed E-state index contributed by atoms with van der Waals surface area (Å²) >= 11 is 0. The summed E-state index contributed by atoms with van der Waals surface area (Å²) in [5.74, 6) is 0. The summed E-state index contributed by atoms with van der Waals surface area (Å²) in [5.41, 5.74) is 21.8. The molecule has 6 heteroatoms. The number of rotatable bonds is 8. The highest BCUT2D eigenvalue weighted by Crippen LogP contribution is 2.50. The third-order valence-electron chi connectivity index (χ3n) is 20.0. The van der Waals surface area contributed by atoms with Gasteiger partial charge in [0, 0.05) is 55.7 Å². The van der Waals surface area contributed by atoms with Gasteiger partial charge in [0.15, 0.2) is 0 Å². The van der Waals surface area contributed by atoms with Gasteiger partial charge in [0.2, 0.25) is 0 Å². The van der Waals surface area contributed by atoms with Gasteiger partial charge in [-0.05, 0) is 179 Å². The summed E-state index contributed by atoms with van der Waals surface area (Å²) in [7, 11) is 0. The third kappa shape index (κ3) is 9.89. The van der Waals surface area contributed by atoms with Crippen LogP contribution in [0.15, 0.2) is 285 Å². The minimum Gasteiger partial charge on any atom is -0.311 e. The van der Waals surface area contributed by atoms with Crippen molar-refractivity contribution in [2.24, 2.45) is 0 Å². The molecule has 0 atom stereocenters. The first-order valence-electron chi connectivity index (χ1n) is 37.4. The van der Waals surface area contributed by atoms with Crippen molar-refractivity contribution in [1.29, 1.82) is 5.26 Å². The molecule has 0 saturated carbocycles. The van der Waals surface area contributed by atoms with Gasteiger partial charge >= 0.3 is 0 Å². The largest absolute Gasteiger partial charge is 0.311 e. The second kappa shape index (κ2) is 22.4. The van der Waals surface area contributed by atoms with Crippen LogP contribution in [0, 0.1) is 11.3 Å². The molecule has 0 radical (unpaired) electrons. The summed E-state index contributed by atoms with van der Waals surface area (Å²) in [5, 5.41) is 13.5. The van der Waals surface area contributed by atoms with E-state index in [0.29, 0.717) is 34.0 Å². The molecule has 5 nitrogen and oxygen atoms in total. The minimum atomic E-state index is -0.525. The molecule has 0 unspecified atom stereocenters. The predicted molar refractivity (Wildman–Crippen MR) is 412 cm³/mol. The number of nitrogens with zero attached hydrogens (tertiary/aromatic N) is 5. The SMILES string of the molecule is [2H]c1c([2H])c([2H])c2c(c1[2H])c1c([2H])c([2H])c([2H])c([2H])c1n2-c1cc2c3c(c1)N(c1ccc(C#N)c(-n4c5ccccc5c5ccccc54)c1)c1cc(-c4cc(C(C)(C)C)cc(C(C)(C)C)c4)ccc1B3c1ccc(-c3cccc(C(C)(C)C)c3)cc1N2c1cc(-c2ccccc2)cc(-c2ccccc2)c1.